The summed E-state index contributed by atoms with van der Waals surface area (Å²) in [5.74, 6) is 1.14. The molecule has 3 heterocycles. The Labute approximate surface area is 140 Å². The highest BCUT2D eigenvalue weighted by Crippen LogP contribution is 2.30. The highest BCUT2D eigenvalue weighted by Gasteiger charge is 2.29. The Hall–Kier alpha value is -1.69. The van der Waals surface area contributed by atoms with Crippen molar-refractivity contribution >= 4 is 17.2 Å². The van der Waals surface area contributed by atoms with Crippen LogP contribution in [0.3, 0.4) is 0 Å². The lowest BCUT2D eigenvalue weighted by Crippen LogP contribution is -2.38. The molecule has 124 valence electrons. The number of carbonyl (C=O) groups excluding carboxylic acids is 1. The van der Waals surface area contributed by atoms with Gasteiger partial charge in [0.15, 0.2) is 0 Å². The fraction of sp³-hybridized carbons (Fsp3) is 0.588. The number of likely N-dealkylation sites (tertiary alicyclic amines) is 1. The minimum atomic E-state index is -0.0505. The van der Waals surface area contributed by atoms with Crippen molar-refractivity contribution in [1.82, 2.24) is 15.0 Å². The first kappa shape index (κ1) is 16.2. The highest BCUT2D eigenvalue weighted by molar-refractivity contribution is 7.11. The van der Waals surface area contributed by atoms with Gasteiger partial charge >= 0.3 is 0 Å². The maximum Gasteiger partial charge on any atom is 0.292 e. The van der Waals surface area contributed by atoms with E-state index in [9.17, 15) is 4.79 Å². The van der Waals surface area contributed by atoms with E-state index in [4.69, 9.17) is 4.52 Å². The molecule has 3 rings (SSSR count). The van der Waals surface area contributed by atoms with Gasteiger partial charge in [-0.05, 0) is 32.1 Å². The number of piperidine rings is 1. The standard InChI is InChI=1S/C17H23N3O2S/c1-11(2)7-14-8-15(22-19-14)17(21)20-6-4-5-13(10-20)16-18-9-12(3)23-16/h8-9,11,13H,4-7,10H2,1-3H3/t13-/m0/s1. The first-order valence-electron chi connectivity index (χ1n) is 8.20. The highest BCUT2D eigenvalue weighted by atomic mass is 32.1. The van der Waals surface area contributed by atoms with Gasteiger partial charge in [-0.15, -0.1) is 11.3 Å². The van der Waals surface area contributed by atoms with Gasteiger partial charge in [0, 0.05) is 36.1 Å². The van der Waals surface area contributed by atoms with E-state index >= 15 is 0 Å². The van der Waals surface area contributed by atoms with Crippen molar-refractivity contribution in [2.24, 2.45) is 5.92 Å². The van der Waals surface area contributed by atoms with Crippen molar-refractivity contribution in [2.45, 2.75) is 46.0 Å². The number of aromatic nitrogens is 2. The number of amides is 1. The number of nitrogens with zero attached hydrogens (tertiary/aromatic N) is 3. The summed E-state index contributed by atoms with van der Waals surface area (Å²) in [7, 11) is 0. The van der Waals surface area contributed by atoms with Crippen LogP contribution in [-0.4, -0.2) is 34.0 Å². The minimum Gasteiger partial charge on any atom is -0.351 e. The molecule has 1 aliphatic heterocycles. The van der Waals surface area contributed by atoms with E-state index in [1.807, 2.05) is 11.1 Å². The van der Waals surface area contributed by atoms with Gasteiger partial charge in [-0.2, -0.15) is 0 Å². The SMILES string of the molecule is Cc1cnc([C@H]2CCCN(C(=O)c3cc(CC(C)C)no3)C2)s1. The number of hydrogen-bond acceptors (Lipinski definition) is 5. The van der Waals surface area contributed by atoms with E-state index in [1.54, 1.807) is 17.4 Å². The molecule has 5 nitrogen and oxygen atoms in total. The van der Waals surface area contributed by atoms with Gasteiger partial charge in [0.25, 0.3) is 5.91 Å². The Morgan fingerprint density at radius 3 is 3.04 bits per heavy atom. The second-order valence-electron chi connectivity index (χ2n) is 6.68. The van der Waals surface area contributed by atoms with Crippen LogP contribution in [0.2, 0.25) is 0 Å². The molecule has 23 heavy (non-hydrogen) atoms. The number of carbonyl (C=O) groups is 1. The Bertz CT molecular complexity index is 677. The van der Waals surface area contributed by atoms with Crippen LogP contribution in [0.1, 0.15) is 58.7 Å². The zero-order valence-electron chi connectivity index (χ0n) is 13.9. The zero-order chi connectivity index (χ0) is 16.4. The van der Waals surface area contributed by atoms with Gasteiger partial charge in [0.2, 0.25) is 5.76 Å². The maximum atomic E-state index is 12.7. The van der Waals surface area contributed by atoms with Gasteiger partial charge in [0.1, 0.15) is 0 Å². The molecular formula is C17H23N3O2S. The van der Waals surface area contributed by atoms with E-state index in [0.717, 1.165) is 36.5 Å². The van der Waals surface area contributed by atoms with E-state index in [2.05, 4.69) is 30.9 Å². The summed E-state index contributed by atoms with van der Waals surface area (Å²) in [6.45, 7) is 7.81. The van der Waals surface area contributed by atoms with Crippen LogP contribution in [-0.2, 0) is 6.42 Å². The number of aryl methyl sites for hydroxylation is 1. The summed E-state index contributed by atoms with van der Waals surface area (Å²) in [6.07, 6.45) is 4.83. The predicted molar refractivity (Wildman–Crippen MR) is 89.8 cm³/mol. The van der Waals surface area contributed by atoms with Crippen molar-refractivity contribution in [2.75, 3.05) is 13.1 Å². The molecule has 0 aliphatic carbocycles. The normalized spacial score (nSPS) is 18.6. The molecule has 1 saturated heterocycles. The third-order valence-electron chi connectivity index (χ3n) is 4.08. The van der Waals surface area contributed by atoms with Crippen molar-refractivity contribution in [3.8, 4) is 0 Å². The Kier molecular flexibility index (Phi) is 4.80. The first-order chi connectivity index (χ1) is 11.0. The van der Waals surface area contributed by atoms with Gasteiger partial charge in [0.05, 0.1) is 10.7 Å². The summed E-state index contributed by atoms with van der Waals surface area (Å²) in [6, 6.07) is 1.79. The van der Waals surface area contributed by atoms with Crippen LogP contribution in [0.15, 0.2) is 16.8 Å². The fourth-order valence-electron chi connectivity index (χ4n) is 3.01. The third-order valence-corrected chi connectivity index (χ3v) is 5.16. The quantitative estimate of drug-likeness (QED) is 0.857. The second kappa shape index (κ2) is 6.83. The number of hydrogen-bond donors (Lipinski definition) is 0. The Morgan fingerprint density at radius 2 is 2.35 bits per heavy atom. The molecule has 0 saturated carbocycles. The topological polar surface area (TPSA) is 59.2 Å². The van der Waals surface area contributed by atoms with Crippen LogP contribution in [0, 0.1) is 12.8 Å². The van der Waals surface area contributed by atoms with Crippen LogP contribution >= 0.6 is 11.3 Å². The van der Waals surface area contributed by atoms with Crippen molar-refractivity contribution < 1.29 is 9.32 Å². The number of thiazole rings is 1. The molecule has 0 unspecified atom stereocenters. The van der Waals surface area contributed by atoms with Crippen molar-refractivity contribution in [3.63, 3.8) is 0 Å². The first-order valence-corrected chi connectivity index (χ1v) is 9.01. The van der Waals surface area contributed by atoms with E-state index in [-0.39, 0.29) is 5.91 Å². The Balaban J connectivity index is 1.68. The maximum absolute atomic E-state index is 12.7. The average molecular weight is 333 g/mol. The lowest BCUT2D eigenvalue weighted by atomic mass is 9.98. The molecule has 0 radical (unpaired) electrons. The predicted octanol–water partition coefficient (Wildman–Crippen LogP) is 3.66. The van der Waals surface area contributed by atoms with Crippen molar-refractivity contribution in [1.29, 1.82) is 0 Å². The molecule has 0 spiro atoms. The van der Waals surface area contributed by atoms with Crippen molar-refractivity contribution in [3.05, 3.63) is 33.6 Å². The molecule has 1 amide bonds. The van der Waals surface area contributed by atoms with Gasteiger partial charge < -0.3 is 9.42 Å². The third kappa shape index (κ3) is 3.80. The molecule has 1 aliphatic rings. The molecule has 0 aromatic carbocycles. The van der Waals surface area contributed by atoms with Crippen LogP contribution in [0.5, 0.6) is 0 Å². The molecule has 2 aromatic heterocycles. The van der Waals surface area contributed by atoms with Gasteiger partial charge in [-0.3, -0.25) is 4.79 Å². The number of rotatable bonds is 4. The molecule has 6 heteroatoms. The van der Waals surface area contributed by atoms with Gasteiger partial charge in [-0.1, -0.05) is 19.0 Å². The summed E-state index contributed by atoms with van der Waals surface area (Å²) < 4.78 is 5.27. The summed E-state index contributed by atoms with van der Waals surface area (Å²) in [4.78, 5) is 20.2. The molecule has 0 bridgehead atoms. The van der Waals surface area contributed by atoms with E-state index in [1.165, 1.54) is 4.88 Å². The lowest BCUT2D eigenvalue weighted by molar-refractivity contribution is 0.0665. The monoisotopic (exact) mass is 333 g/mol. The molecular weight excluding hydrogens is 310 g/mol. The van der Waals surface area contributed by atoms with Crippen LogP contribution < -0.4 is 0 Å². The van der Waals surface area contributed by atoms with Gasteiger partial charge in [-0.25, -0.2) is 4.98 Å². The van der Waals surface area contributed by atoms with E-state index in [0.29, 0.717) is 24.1 Å². The van der Waals surface area contributed by atoms with Crippen LogP contribution in [0.4, 0.5) is 0 Å². The van der Waals surface area contributed by atoms with Crippen LogP contribution in [0.25, 0.3) is 0 Å². The minimum absolute atomic E-state index is 0.0505. The molecule has 2 aromatic rings. The molecule has 1 fully saturated rings. The Morgan fingerprint density at radius 1 is 1.52 bits per heavy atom. The lowest BCUT2D eigenvalue weighted by Gasteiger charge is -2.31. The zero-order valence-corrected chi connectivity index (χ0v) is 14.7. The molecule has 0 N–H and O–H groups in total. The smallest absolute Gasteiger partial charge is 0.292 e. The summed E-state index contributed by atoms with van der Waals surface area (Å²) >= 11 is 1.73. The second-order valence-corrected chi connectivity index (χ2v) is 7.95. The largest absolute Gasteiger partial charge is 0.351 e. The fourth-order valence-corrected chi connectivity index (χ4v) is 3.91. The average Bonchev–Trinajstić information content (AvgIpc) is 3.15. The summed E-state index contributed by atoms with van der Waals surface area (Å²) in [5, 5.41) is 5.16. The summed E-state index contributed by atoms with van der Waals surface area (Å²) in [5.41, 5.74) is 0.854. The molecule has 1 atom stereocenters. The van der Waals surface area contributed by atoms with E-state index < -0.39 is 0 Å².